The van der Waals surface area contributed by atoms with Gasteiger partial charge in [-0.15, -0.1) is 0 Å². The summed E-state index contributed by atoms with van der Waals surface area (Å²) in [6, 6.07) is -1.60. The summed E-state index contributed by atoms with van der Waals surface area (Å²) in [4.78, 5) is 63.2. The zero-order chi connectivity index (χ0) is 39.3. The average molecular weight is 777 g/mol. The number of carboxylic acids is 2. The summed E-state index contributed by atoms with van der Waals surface area (Å²) < 4.78 is 53.4. The molecule has 0 saturated carbocycles. The van der Waals surface area contributed by atoms with E-state index in [0.29, 0.717) is 4.57 Å². The van der Waals surface area contributed by atoms with Crippen LogP contribution in [0.25, 0.3) is 0 Å². The molecule has 2 aliphatic rings. The number of ether oxygens (including phenoxy) is 1. The minimum Gasteiger partial charge on any atom is -0.481 e. The number of carbonyl (C=O) groups is 3. The van der Waals surface area contributed by atoms with Crippen LogP contribution in [0.4, 0.5) is 0 Å². The third-order valence-electron chi connectivity index (χ3n) is 10.3. The predicted octanol–water partition coefficient (Wildman–Crippen LogP) is 1.96. The molecule has 3 rings (SSSR count). The summed E-state index contributed by atoms with van der Waals surface area (Å²) in [6.07, 6.45) is -3.88. The summed E-state index contributed by atoms with van der Waals surface area (Å²) in [6.45, 7) is 20.0. The van der Waals surface area contributed by atoms with Crippen molar-refractivity contribution in [1.29, 1.82) is 0 Å². The largest absolute Gasteiger partial charge is 0.481 e. The van der Waals surface area contributed by atoms with Crippen LogP contribution in [0.5, 0.6) is 0 Å². The Hall–Kier alpha value is -3.15. The molecule has 1 fully saturated rings. The van der Waals surface area contributed by atoms with Crippen LogP contribution in [-0.4, -0.2) is 92.7 Å². The lowest BCUT2D eigenvalue weighted by Gasteiger charge is -2.43. The zero-order valence-electron chi connectivity index (χ0n) is 31.1. The van der Waals surface area contributed by atoms with Gasteiger partial charge in [-0.05, 0) is 49.6 Å². The van der Waals surface area contributed by atoms with Crippen molar-refractivity contribution >= 4 is 44.6 Å². The first-order valence-corrected chi connectivity index (χ1v) is 23.7. The number of rotatable bonds is 13. The van der Waals surface area contributed by atoms with Gasteiger partial charge in [0, 0.05) is 18.2 Å². The second kappa shape index (κ2) is 14.4. The van der Waals surface area contributed by atoms with E-state index in [9.17, 15) is 37.5 Å². The average Bonchev–Trinajstić information content (AvgIpc) is 3.38. The minimum absolute atomic E-state index is 0.0174. The van der Waals surface area contributed by atoms with E-state index in [0.717, 1.165) is 9.98 Å². The van der Waals surface area contributed by atoms with E-state index in [1.54, 1.807) is 0 Å². The molecule has 5 atom stereocenters. The maximum absolute atomic E-state index is 14.2. The summed E-state index contributed by atoms with van der Waals surface area (Å²) >= 11 is 0. The van der Waals surface area contributed by atoms with Crippen LogP contribution >= 0.6 is 0 Å². The molecule has 0 bridgehead atoms. The zero-order valence-corrected chi connectivity index (χ0v) is 33.9. The van der Waals surface area contributed by atoms with Gasteiger partial charge in [-0.25, -0.2) is 13.8 Å². The molecule has 0 aromatic carbocycles. The number of nitrogens with zero attached hydrogens (tertiary/aromatic N) is 2. The molecule has 288 valence electrons. The van der Waals surface area contributed by atoms with Crippen molar-refractivity contribution in [2.45, 2.75) is 134 Å². The third-order valence-corrected chi connectivity index (χ3v) is 20.3. The number of hydrogen-bond acceptors (Lipinski definition) is 12. The topological polar surface area (TPSA) is 245 Å². The molecule has 17 nitrogen and oxygen atoms in total. The van der Waals surface area contributed by atoms with Gasteiger partial charge in [0.2, 0.25) is 5.91 Å². The van der Waals surface area contributed by atoms with Crippen LogP contribution < -0.4 is 22.3 Å². The molecule has 5 N–H and O–H groups in total. The number of aryl methyl sites for hydroxylation is 1. The molecule has 20 heteroatoms. The van der Waals surface area contributed by atoms with Crippen molar-refractivity contribution in [3.8, 4) is 0 Å². The smallest absolute Gasteiger partial charge is 0.333 e. The van der Waals surface area contributed by atoms with Gasteiger partial charge in [0.05, 0.1) is 17.7 Å². The number of aliphatic carboxylic acids is 2. The first kappa shape index (κ1) is 42.3. The monoisotopic (exact) mass is 776 g/mol. The standard InChI is InChI=1S/C31H52N4O13SSi2/c1-18-14-35(28(42)34(25(18)39)15-22(36)33-19(27(40)41)12-13-23(37)38)26-24(47-51(10,11)30(5,6)7)31(20(32)17-49(43,44)48-31)21(46-26)16-45-50(8,9)29(2,3)4/h14,17,19,21,24,26H,12-13,15-16,32H2,1-11H3,(H,33,36)(H,37,38)(H,40,41)/t19-,21+,24-,26+,31+/m0/s1. The maximum Gasteiger partial charge on any atom is 0.333 e. The van der Waals surface area contributed by atoms with Crippen molar-refractivity contribution in [3.63, 3.8) is 0 Å². The van der Waals surface area contributed by atoms with Crippen molar-refractivity contribution < 1.29 is 50.8 Å². The molecule has 3 heterocycles. The predicted molar refractivity (Wildman–Crippen MR) is 190 cm³/mol. The lowest BCUT2D eigenvalue weighted by Crippen LogP contribution is -2.59. The maximum atomic E-state index is 14.2. The lowest BCUT2D eigenvalue weighted by atomic mass is 9.89. The highest BCUT2D eigenvalue weighted by molar-refractivity contribution is 7.90. The number of hydrogen-bond donors (Lipinski definition) is 4. The van der Waals surface area contributed by atoms with E-state index in [4.69, 9.17) is 28.6 Å². The van der Waals surface area contributed by atoms with Crippen LogP contribution in [0, 0.1) is 6.92 Å². The van der Waals surface area contributed by atoms with E-state index >= 15 is 0 Å². The molecule has 0 aliphatic carbocycles. The fourth-order valence-corrected chi connectivity index (χ4v) is 8.71. The molecule has 1 spiro atoms. The minimum atomic E-state index is -4.37. The molecule has 2 aliphatic heterocycles. The van der Waals surface area contributed by atoms with Gasteiger partial charge in [0.1, 0.15) is 24.8 Å². The van der Waals surface area contributed by atoms with E-state index < -0.39 is 110 Å². The quantitative estimate of drug-likeness (QED) is 0.165. The highest BCUT2D eigenvalue weighted by atomic mass is 32.2. The summed E-state index contributed by atoms with van der Waals surface area (Å²) in [5.74, 6) is -3.82. The Morgan fingerprint density at radius 3 is 2.10 bits per heavy atom. The first-order valence-electron chi connectivity index (χ1n) is 16.4. The van der Waals surface area contributed by atoms with Gasteiger partial charge >= 0.3 is 17.6 Å². The highest BCUT2D eigenvalue weighted by Gasteiger charge is 2.67. The Morgan fingerprint density at radius 2 is 1.63 bits per heavy atom. The molecule has 1 amide bonds. The number of nitrogens with two attached hydrogens (primary N) is 1. The van der Waals surface area contributed by atoms with Gasteiger partial charge in [-0.2, -0.15) is 8.42 Å². The summed E-state index contributed by atoms with van der Waals surface area (Å²) in [5, 5.41) is 20.7. The molecular formula is C31H52N4O13SSi2. The highest BCUT2D eigenvalue weighted by Crippen LogP contribution is 2.52. The van der Waals surface area contributed by atoms with Crippen LogP contribution in [-0.2, 0) is 48.8 Å². The van der Waals surface area contributed by atoms with Crippen LogP contribution in [0.15, 0.2) is 26.9 Å². The van der Waals surface area contributed by atoms with Crippen LogP contribution in [0.1, 0.15) is 66.2 Å². The fraction of sp³-hybridized carbons (Fsp3) is 0.710. The second-order valence-electron chi connectivity index (χ2n) is 16.1. The summed E-state index contributed by atoms with van der Waals surface area (Å²) in [7, 11) is -9.74. The van der Waals surface area contributed by atoms with E-state index in [2.05, 4.69) is 5.32 Å². The molecule has 1 aromatic heterocycles. The lowest BCUT2D eigenvalue weighted by molar-refractivity contribution is -0.143. The van der Waals surface area contributed by atoms with Crippen molar-refractivity contribution in [3.05, 3.63) is 43.7 Å². The molecule has 1 aromatic rings. The molecule has 51 heavy (non-hydrogen) atoms. The van der Waals surface area contributed by atoms with Gasteiger partial charge in [-0.3, -0.25) is 23.5 Å². The van der Waals surface area contributed by atoms with E-state index in [1.807, 2.05) is 67.7 Å². The van der Waals surface area contributed by atoms with Crippen LogP contribution in [0.2, 0.25) is 36.3 Å². The normalized spacial score (nSPS) is 24.4. The van der Waals surface area contributed by atoms with Gasteiger partial charge < -0.3 is 34.9 Å². The Balaban J connectivity index is 2.22. The Bertz CT molecular complexity index is 1810. The Kier molecular flexibility index (Phi) is 11.9. The molecule has 0 unspecified atom stereocenters. The Morgan fingerprint density at radius 1 is 1.06 bits per heavy atom. The van der Waals surface area contributed by atoms with Crippen LogP contribution in [0.3, 0.4) is 0 Å². The number of carboxylic acid groups (broad SMARTS) is 2. The fourth-order valence-electron chi connectivity index (χ4n) is 5.20. The van der Waals surface area contributed by atoms with Crippen molar-refractivity contribution in [2.24, 2.45) is 5.73 Å². The third kappa shape index (κ3) is 8.74. The van der Waals surface area contributed by atoms with Crippen molar-refractivity contribution in [1.82, 2.24) is 14.5 Å². The second-order valence-corrected chi connectivity index (χ2v) is 27.1. The molecule has 0 radical (unpaired) electrons. The van der Waals surface area contributed by atoms with E-state index in [1.165, 1.54) is 13.1 Å². The number of aromatic nitrogens is 2. The van der Waals surface area contributed by atoms with Gasteiger partial charge in [0.15, 0.2) is 28.5 Å². The van der Waals surface area contributed by atoms with Gasteiger partial charge in [-0.1, -0.05) is 41.5 Å². The van der Waals surface area contributed by atoms with Crippen molar-refractivity contribution in [2.75, 3.05) is 6.61 Å². The number of carbonyl (C=O) groups excluding carboxylic acids is 1. The molecular weight excluding hydrogens is 725 g/mol. The molecule has 1 saturated heterocycles. The van der Waals surface area contributed by atoms with Gasteiger partial charge in [0.25, 0.3) is 15.7 Å². The Labute approximate surface area is 299 Å². The first-order chi connectivity index (χ1) is 23.0. The summed E-state index contributed by atoms with van der Waals surface area (Å²) in [5.41, 5.74) is 2.35. The van der Waals surface area contributed by atoms with E-state index in [-0.39, 0.29) is 22.9 Å². The number of nitrogens with one attached hydrogen (secondary N) is 1. The SMILES string of the molecule is Cc1cn([C@@H]2O[C@H](CO[Si](C)(C)C(C)(C)C)[C@@]3(OS(=O)(=O)C=C3N)[C@H]2O[Si](C)(C)C(C)(C)C)c(=O)n(CC(=O)N[C@@H](CCC(=O)O)C(=O)O)c1=O. The number of amides is 1.